The van der Waals surface area contributed by atoms with Crippen LogP contribution in [0, 0.1) is 34.9 Å². The van der Waals surface area contributed by atoms with Gasteiger partial charge in [-0.2, -0.15) is 0 Å². The highest BCUT2D eigenvalue weighted by Crippen LogP contribution is 2.63. The molecule has 0 spiro atoms. The van der Waals surface area contributed by atoms with Crippen LogP contribution in [0.2, 0.25) is 5.02 Å². The summed E-state index contributed by atoms with van der Waals surface area (Å²) in [6.45, 7) is 1.75. The lowest BCUT2D eigenvalue weighted by Crippen LogP contribution is -2.48. The minimum atomic E-state index is -1.28. The number of halogens is 3. The predicted molar refractivity (Wildman–Crippen MR) is 161 cm³/mol. The van der Waals surface area contributed by atoms with Crippen molar-refractivity contribution in [3.8, 4) is 5.75 Å². The summed E-state index contributed by atoms with van der Waals surface area (Å²) >= 11 is 9.43. The maximum absolute atomic E-state index is 14.4. The van der Waals surface area contributed by atoms with Crippen LogP contribution in [0.25, 0.3) is 0 Å². The first-order valence-electron chi connectivity index (χ1n) is 14.0. The maximum Gasteiger partial charge on any atom is 0.241 e. The number of fused-ring (bicyclic) bond motifs is 4. The number of phenols is 1. The molecule has 218 valence electrons. The second-order valence-corrected chi connectivity index (χ2v) is 13.2. The van der Waals surface area contributed by atoms with Crippen molar-refractivity contribution in [1.29, 1.82) is 0 Å². The van der Waals surface area contributed by atoms with E-state index < -0.39 is 52.6 Å². The molecule has 1 N–H and O–H groups in total. The van der Waals surface area contributed by atoms with E-state index in [9.17, 15) is 28.7 Å². The molecule has 0 bridgehead atoms. The second kappa shape index (κ2) is 9.86. The third kappa shape index (κ3) is 3.97. The van der Waals surface area contributed by atoms with Gasteiger partial charge in [0.25, 0.3) is 0 Å². The first-order valence-corrected chi connectivity index (χ1v) is 15.1. The molecular formula is C33H25BrClFN2O5. The van der Waals surface area contributed by atoms with Gasteiger partial charge in [0.1, 0.15) is 11.6 Å². The minimum Gasteiger partial charge on any atom is -0.508 e. The van der Waals surface area contributed by atoms with E-state index in [1.807, 2.05) is 6.08 Å². The van der Waals surface area contributed by atoms with Crippen LogP contribution in [0.3, 0.4) is 0 Å². The monoisotopic (exact) mass is 662 g/mol. The average Bonchev–Trinajstić information content (AvgIpc) is 3.34. The van der Waals surface area contributed by atoms with Crippen LogP contribution >= 0.6 is 27.5 Å². The molecule has 7 nitrogen and oxygen atoms in total. The van der Waals surface area contributed by atoms with Gasteiger partial charge >= 0.3 is 0 Å². The number of phenolic OH excluding ortho intramolecular Hbond substituents is 1. The highest BCUT2D eigenvalue weighted by atomic mass is 79.9. The van der Waals surface area contributed by atoms with E-state index >= 15 is 0 Å². The Balaban J connectivity index is 1.36. The van der Waals surface area contributed by atoms with Crippen LogP contribution in [0.15, 0.2) is 82.9 Å². The van der Waals surface area contributed by atoms with Crippen molar-refractivity contribution in [3.63, 3.8) is 0 Å². The molecular weight excluding hydrogens is 639 g/mol. The summed E-state index contributed by atoms with van der Waals surface area (Å²) < 4.78 is 14.8. The first kappa shape index (κ1) is 28.0. The number of carbonyl (C=O) groups is 4. The van der Waals surface area contributed by atoms with Crippen molar-refractivity contribution in [2.24, 2.45) is 29.1 Å². The number of anilines is 2. The molecule has 43 heavy (non-hydrogen) atoms. The summed E-state index contributed by atoms with van der Waals surface area (Å²) in [6.07, 6.45) is 2.44. The van der Waals surface area contributed by atoms with Gasteiger partial charge < -0.3 is 5.11 Å². The first-order chi connectivity index (χ1) is 20.5. The zero-order chi connectivity index (χ0) is 30.4. The van der Waals surface area contributed by atoms with E-state index in [0.29, 0.717) is 17.7 Å². The Kier molecular flexibility index (Phi) is 6.41. The van der Waals surface area contributed by atoms with Gasteiger partial charge in [-0.1, -0.05) is 51.3 Å². The summed E-state index contributed by atoms with van der Waals surface area (Å²) in [5.41, 5.74) is 0.798. The van der Waals surface area contributed by atoms with Gasteiger partial charge in [-0.25, -0.2) is 9.29 Å². The fourth-order valence-corrected chi connectivity index (χ4v) is 8.25. The Hall–Kier alpha value is -3.82. The number of hydrogen-bond acceptors (Lipinski definition) is 5. The summed E-state index contributed by atoms with van der Waals surface area (Å²) in [7, 11) is 0. The third-order valence-electron chi connectivity index (χ3n) is 9.72. The van der Waals surface area contributed by atoms with Crippen LogP contribution in [0.4, 0.5) is 15.8 Å². The number of amides is 4. The third-order valence-corrected chi connectivity index (χ3v) is 10.5. The summed E-state index contributed by atoms with van der Waals surface area (Å²) in [5.74, 6) is -5.53. The maximum atomic E-state index is 14.4. The number of aromatic hydroxyl groups is 1. The van der Waals surface area contributed by atoms with Crippen LogP contribution in [-0.2, 0) is 19.2 Å². The summed E-state index contributed by atoms with van der Waals surface area (Å²) in [4.78, 5) is 58.6. The highest BCUT2D eigenvalue weighted by Gasteiger charge is 2.67. The van der Waals surface area contributed by atoms with Gasteiger partial charge in [0, 0.05) is 10.4 Å². The van der Waals surface area contributed by atoms with Gasteiger partial charge in [0.05, 0.1) is 39.6 Å². The molecule has 6 atom stereocenters. The van der Waals surface area contributed by atoms with Crippen molar-refractivity contribution < 1.29 is 28.7 Å². The normalized spacial score (nSPS) is 29.9. The molecule has 3 fully saturated rings. The fraction of sp³-hybridized carbons (Fsp3) is 0.273. The van der Waals surface area contributed by atoms with Crippen molar-refractivity contribution in [3.05, 3.63) is 99.3 Å². The molecule has 2 aliphatic carbocycles. The molecule has 4 aliphatic rings. The quantitative estimate of drug-likeness (QED) is 0.259. The molecule has 2 saturated heterocycles. The van der Waals surface area contributed by atoms with Gasteiger partial charge in [0.15, 0.2) is 0 Å². The largest absolute Gasteiger partial charge is 0.508 e. The number of carbonyl (C=O) groups excluding carboxylic acids is 4. The Morgan fingerprint density at radius 1 is 0.907 bits per heavy atom. The molecule has 6 unspecified atom stereocenters. The standard InChI is InChI=1S/C33H25BrClFN2O5/c1-33-24(30(41)38(32(33)43)19-9-12-26(36)25(35)14-19)15-23-21(28(33)16-3-2-4-20(39)13-16)10-11-22-27(23)31(42)37(29(22)40)18-7-5-17(34)6-8-18/h2-10,12-14,22-24,27-28,39H,11,15H2,1H3. The highest BCUT2D eigenvalue weighted by molar-refractivity contribution is 9.10. The fourth-order valence-electron chi connectivity index (χ4n) is 7.81. The van der Waals surface area contributed by atoms with Crippen molar-refractivity contribution >= 4 is 62.5 Å². The molecule has 2 aliphatic heterocycles. The molecule has 4 amide bonds. The van der Waals surface area contributed by atoms with Crippen LogP contribution in [-0.4, -0.2) is 28.7 Å². The second-order valence-electron chi connectivity index (χ2n) is 11.8. The summed E-state index contributed by atoms with van der Waals surface area (Å²) in [5, 5.41) is 10.2. The van der Waals surface area contributed by atoms with Crippen molar-refractivity contribution in [2.45, 2.75) is 25.7 Å². The van der Waals surface area contributed by atoms with E-state index in [1.54, 1.807) is 49.4 Å². The number of rotatable bonds is 3. The van der Waals surface area contributed by atoms with Crippen molar-refractivity contribution in [2.75, 3.05) is 9.80 Å². The number of allylic oxidation sites excluding steroid dienone is 2. The number of hydrogen-bond donors (Lipinski definition) is 1. The Bertz CT molecular complexity index is 1780. The lowest BCUT2D eigenvalue weighted by atomic mass is 9.51. The van der Waals surface area contributed by atoms with E-state index in [1.165, 1.54) is 23.1 Å². The van der Waals surface area contributed by atoms with Crippen molar-refractivity contribution in [1.82, 2.24) is 0 Å². The average molecular weight is 664 g/mol. The van der Waals surface area contributed by atoms with Gasteiger partial charge in [-0.05, 0) is 85.8 Å². The lowest BCUT2D eigenvalue weighted by Gasteiger charge is -2.49. The zero-order valence-electron chi connectivity index (χ0n) is 22.8. The Morgan fingerprint density at radius 3 is 2.33 bits per heavy atom. The van der Waals surface area contributed by atoms with Crippen LogP contribution in [0.1, 0.15) is 31.2 Å². The van der Waals surface area contributed by atoms with Gasteiger partial charge in [0.2, 0.25) is 23.6 Å². The number of benzene rings is 3. The van der Waals surface area contributed by atoms with E-state index in [-0.39, 0.29) is 34.7 Å². The molecule has 0 radical (unpaired) electrons. The molecule has 0 aromatic heterocycles. The van der Waals surface area contributed by atoms with Gasteiger partial charge in [-0.15, -0.1) is 0 Å². The van der Waals surface area contributed by atoms with Gasteiger partial charge in [-0.3, -0.25) is 24.1 Å². The molecule has 3 aromatic rings. The number of imide groups is 2. The Labute approximate surface area is 260 Å². The molecule has 3 aromatic carbocycles. The molecule has 1 saturated carbocycles. The lowest BCUT2D eigenvalue weighted by molar-refractivity contribution is -0.131. The van der Waals surface area contributed by atoms with E-state index in [0.717, 1.165) is 21.0 Å². The zero-order valence-corrected chi connectivity index (χ0v) is 25.2. The van der Waals surface area contributed by atoms with Crippen LogP contribution < -0.4 is 9.80 Å². The number of nitrogens with zero attached hydrogens (tertiary/aromatic N) is 2. The van der Waals surface area contributed by atoms with E-state index in [2.05, 4.69) is 15.9 Å². The van der Waals surface area contributed by atoms with E-state index in [4.69, 9.17) is 11.6 Å². The molecule has 10 heteroatoms. The minimum absolute atomic E-state index is 0.00142. The SMILES string of the molecule is CC12C(=O)N(c3ccc(F)c(Cl)c3)C(=O)C1CC1C(=CCC3C(=O)N(c4ccc(Br)cc4)C(=O)C31)C2c1cccc(O)c1. The van der Waals surface area contributed by atoms with Crippen LogP contribution in [0.5, 0.6) is 5.75 Å². The Morgan fingerprint density at radius 2 is 1.63 bits per heavy atom. The summed E-state index contributed by atoms with van der Waals surface area (Å²) in [6, 6.07) is 17.3. The smallest absolute Gasteiger partial charge is 0.241 e. The molecule has 2 heterocycles. The molecule has 7 rings (SSSR count). The predicted octanol–water partition coefficient (Wildman–Crippen LogP) is 6.38. The topological polar surface area (TPSA) is 95.0 Å².